The lowest BCUT2D eigenvalue weighted by Gasteiger charge is -2.26. The van der Waals surface area contributed by atoms with Crippen LogP contribution in [0.25, 0.3) is 10.8 Å². The van der Waals surface area contributed by atoms with Gasteiger partial charge in [0.15, 0.2) is 0 Å². The van der Waals surface area contributed by atoms with Gasteiger partial charge in [-0.2, -0.15) is 0 Å². The van der Waals surface area contributed by atoms with E-state index in [0.717, 1.165) is 5.92 Å². The molecule has 0 spiro atoms. The summed E-state index contributed by atoms with van der Waals surface area (Å²) in [6.45, 7) is 2.30. The van der Waals surface area contributed by atoms with E-state index in [1.807, 2.05) is 0 Å². The van der Waals surface area contributed by atoms with Gasteiger partial charge in [0, 0.05) is 0 Å². The van der Waals surface area contributed by atoms with E-state index in [1.165, 1.54) is 42.9 Å². The molecule has 0 fully saturated rings. The Hall–Kier alpha value is -1.30. The molecule has 0 aromatic heterocycles. The van der Waals surface area contributed by atoms with Crippen molar-refractivity contribution in [2.45, 2.75) is 44.9 Å². The lowest BCUT2D eigenvalue weighted by atomic mass is 9.79. The SMILES string of the molecule is CCCC1CCCc2c1ccc1ccccc21. The summed E-state index contributed by atoms with van der Waals surface area (Å²) in [5.74, 6) is 0.813. The standard InChI is InChI=1S/C17H20/c1-2-6-13-8-5-10-17-15-9-4-3-7-14(15)11-12-16(13)17/h3-4,7,9,11-13H,2,5-6,8,10H2,1H3. The molecule has 1 atom stereocenters. The summed E-state index contributed by atoms with van der Waals surface area (Å²) in [5.41, 5.74) is 3.27. The average Bonchev–Trinajstić information content (AvgIpc) is 2.39. The lowest BCUT2D eigenvalue weighted by Crippen LogP contribution is -2.10. The second-order valence-electron chi connectivity index (χ2n) is 5.23. The van der Waals surface area contributed by atoms with E-state index in [2.05, 4.69) is 43.3 Å². The van der Waals surface area contributed by atoms with Crippen molar-refractivity contribution in [3.05, 3.63) is 47.5 Å². The van der Waals surface area contributed by atoms with Gasteiger partial charge in [-0.3, -0.25) is 0 Å². The highest BCUT2D eigenvalue weighted by molar-refractivity contribution is 5.87. The van der Waals surface area contributed by atoms with Crippen LogP contribution in [0.1, 0.15) is 49.7 Å². The molecule has 0 bridgehead atoms. The molecular formula is C17H20. The Morgan fingerprint density at radius 3 is 2.88 bits per heavy atom. The van der Waals surface area contributed by atoms with Gasteiger partial charge in [0.05, 0.1) is 0 Å². The van der Waals surface area contributed by atoms with Crippen LogP contribution in [-0.4, -0.2) is 0 Å². The zero-order valence-electron chi connectivity index (χ0n) is 10.6. The maximum atomic E-state index is 2.39. The minimum absolute atomic E-state index is 0.813. The smallest absolute Gasteiger partial charge is 0.0149 e. The molecule has 17 heavy (non-hydrogen) atoms. The second kappa shape index (κ2) is 4.52. The van der Waals surface area contributed by atoms with E-state index in [-0.39, 0.29) is 0 Å². The zero-order valence-corrected chi connectivity index (χ0v) is 10.6. The van der Waals surface area contributed by atoms with Crippen LogP contribution in [-0.2, 0) is 6.42 Å². The van der Waals surface area contributed by atoms with Crippen molar-refractivity contribution in [1.29, 1.82) is 0 Å². The summed E-state index contributed by atoms with van der Waals surface area (Å²) in [5, 5.41) is 2.90. The number of aryl methyl sites for hydroxylation is 1. The van der Waals surface area contributed by atoms with Crippen LogP contribution in [0.4, 0.5) is 0 Å². The molecule has 0 aliphatic heterocycles. The minimum Gasteiger partial charge on any atom is -0.0654 e. The third kappa shape index (κ3) is 1.86. The molecule has 88 valence electrons. The van der Waals surface area contributed by atoms with Gasteiger partial charge in [0.25, 0.3) is 0 Å². The van der Waals surface area contributed by atoms with Crippen LogP contribution < -0.4 is 0 Å². The Balaban J connectivity index is 2.16. The van der Waals surface area contributed by atoms with Crippen LogP contribution in [0.3, 0.4) is 0 Å². The maximum absolute atomic E-state index is 2.39. The molecule has 0 heterocycles. The molecule has 0 radical (unpaired) electrons. The van der Waals surface area contributed by atoms with Crippen molar-refractivity contribution in [3.8, 4) is 0 Å². The van der Waals surface area contributed by atoms with E-state index in [0.29, 0.717) is 0 Å². The summed E-state index contributed by atoms with van der Waals surface area (Å²) < 4.78 is 0. The molecule has 1 aliphatic rings. The van der Waals surface area contributed by atoms with Crippen molar-refractivity contribution >= 4 is 10.8 Å². The fourth-order valence-electron chi connectivity index (χ4n) is 3.34. The fourth-order valence-corrected chi connectivity index (χ4v) is 3.34. The first kappa shape index (κ1) is 10.8. The normalized spacial score (nSPS) is 19.2. The first-order valence-electron chi connectivity index (χ1n) is 6.90. The van der Waals surface area contributed by atoms with E-state index < -0.39 is 0 Å². The summed E-state index contributed by atoms with van der Waals surface area (Å²) in [6.07, 6.45) is 6.68. The number of fused-ring (bicyclic) bond motifs is 3. The highest BCUT2D eigenvalue weighted by Gasteiger charge is 2.20. The van der Waals surface area contributed by atoms with Gasteiger partial charge >= 0.3 is 0 Å². The van der Waals surface area contributed by atoms with Gasteiger partial charge in [0.1, 0.15) is 0 Å². The quantitative estimate of drug-likeness (QED) is 0.669. The van der Waals surface area contributed by atoms with E-state index in [4.69, 9.17) is 0 Å². The molecule has 0 nitrogen and oxygen atoms in total. The molecule has 0 N–H and O–H groups in total. The monoisotopic (exact) mass is 224 g/mol. The van der Waals surface area contributed by atoms with Crippen LogP contribution in [0.2, 0.25) is 0 Å². The molecule has 1 aliphatic carbocycles. The number of benzene rings is 2. The van der Waals surface area contributed by atoms with Crippen LogP contribution >= 0.6 is 0 Å². The van der Waals surface area contributed by atoms with E-state index in [1.54, 1.807) is 11.1 Å². The zero-order chi connectivity index (χ0) is 11.7. The predicted molar refractivity (Wildman–Crippen MR) is 74.5 cm³/mol. The fraction of sp³-hybridized carbons (Fsp3) is 0.412. The van der Waals surface area contributed by atoms with Crippen LogP contribution in [0, 0.1) is 0 Å². The highest BCUT2D eigenvalue weighted by Crippen LogP contribution is 2.38. The highest BCUT2D eigenvalue weighted by atomic mass is 14.2. The van der Waals surface area contributed by atoms with Crippen molar-refractivity contribution in [3.63, 3.8) is 0 Å². The second-order valence-corrected chi connectivity index (χ2v) is 5.23. The third-order valence-electron chi connectivity index (χ3n) is 4.13. The van der Waals surface area contributed by atoms with Crippen LogP contribution in [0.5, 0.6) is 0 Å². The van der Waals surface area contributed by atoms with E-state index in [9.17, 15) is 0 Å². The lowest BCUT2D eigenvalue weighted by molar-refractivity contribution is 0.517. The number of hydrogen-bond acceptors (Lipinski definition) is 0. The van der Waals surface area contributed by atoms with Crippen molar-refractivity contribution in [2.75, 3.05) is 0 Å². The molecule has 0 heteroatoms. The van der Waals surface area contributed by atoms with Crippen molar-refractivity contribution in [1.82, 2.24) is 0 Å². The Morgan fingerprint density at radius 2 is 2.00 bits per heavy atom. The average molecular weight is 224 g/mol. The van der Waals surface area contributed by atoms with Gasteiger partial charge in [-0.25, -0.2) is 0 Å². The largest absolute Gasteiger partial charge is 0.0654 e. The molecule has 3 rings (SSSR count). The molecule has 2 aromatic rings. The molecule has 0 saturated heterocycles. The van der Waals surface area contributed by atoms with Gasteiger partial charge < -0.3 is 0 Å². The topological polar surface area (TPSA) is 0 Å². The first-order chi connectivity index (χ1) is 8.40. The number of hydrogen-bond donors (Lipinski definition) is 0. The summed E-state index contributed by atoms with van der Waals surface area (Å²) >= 11 is 0. The molecular weight excluding hydrogens is 204 g/mol. The summed E-state index contributed by atoms with van der Waals surface area (Å²) in [7, 11) is 0. The van der Waals surface area contributed by atoms with E-state index >= 15 is 0 Å². The molecule has 1 unspecified atom stereocenters. The minimum atomic E-state index is 0.813. The molecule has 2 aromatic carbocycles. The van der Waals surface area contributed by atoms with Gasteiger partial charge in [-0.15, -0.1) is 0 Å². The number of rotatable bonds is 2. The van der Waals surface area contributed by atoms with Gasteiger partial charge in [0.2, 0.25) is 0 Å². The Kier molecular flexibility index (Phi) is 2.88. The summed E-state index contributed by atoms with van der Waals surface area (Å²) in [4.78, 5) is 0. The van der Waals surface area contributed by atoms with Gasteiger partial charge in [-0.05, 0) is 53.5 Å². The first-order valence-corrected chi connectivity index (χ1v) is 6.90. The van der Waals surface area contributed by atoms with Crippen molar-refractivity contribution < 1.29 is 0 Å². The van der Waals surface area contributed by atoms with Crippen molar-refractivity contribution in [2.24, 2.45) is 0 Å². The molecule has 0 saturated carbocycles. The van der Waals surface area contributed by atoms with Crippen LogP contribution in [0.15, 0.2) is 36.4 Å². The summed E-state index contributed by atoms with van der Waals surface area (Å²) in [6, 6.07) is 13.5. The third-order valence-corrected chi connectivity index (χ3v) is 4.13. The predicted octanol–water partition coefficient (Wildman–Crippen LogP) is 5.06. The van der Waals surface area contributed by atoms with Gasteiger partial charge in [-0.1, -0.05) is 49.7 Å². The Bertz CT molecular complexity index is 525. The Labute approximate surface area is 104 Å². The Morgan fingerprint density at radius 1 is 1.12 bits per heavy atom. The maximum Gasteiger partial charge on any atom is -0.0149 e. The molecule has 0 amide bonds.